The molecule has 1 heterocycles. The van der Waals surface area contributed by atoms with Gasteiger partial charge in [0, 0.05) is 26.2 Å². The predicted octanol–water partition coefficient (Wildman–Crippen LogP) is 2.40. The number of benzene rings is 2. The lowest BCUT2D eigenvalue weighted by Crippen LogP contribution is -2.55. The van der Waals surface area contributed by atoms with Crippen molar-refractivity contribution >= 4 is 27.5 Å². The molecule has 9 heteroatoms. The van der Waals surface area contributed by atoms with E-state index in [2.05, 4.69) is 16.5 Å². The van der Waals surface area contributed by atoms with Crippen molar-refractivity contribution in [3.63, 3.8) is 0 Å². The Bertz CT molecular complexity index is 993. The summed E-state index contributed by atoms with van der Waals surface area (Å²) in [6.07, 6.45) is 0.261. The minimum absolute atomic E-state index is 0.0139. The van der Waals surface area contributed by atoms with E-state index in [4.69, 9.17) is 16.3 Å². The molecule has 1 aliphatic rings. The molecule has 1 saturated heterocycles. The topological polar surface area (TPSA) is 79.0 Å². The van der Waals surface area contributed by atoms with Crippen molar-refractivity contribution in [2.45, 2.75) is 24.3 Å². The number of hydrogen-bond donors (Lipinski definition) is 1. The largest absolute Gasteiger partial charge is 0.495 e. The SMILES string of the molecule is CCN1CCN(C(=O)[C@@H](Cc2ccccc2)NS(=O)(=O)c2ccc(OC)c(Cl)c2)CC1. The zero-order valence-electron chi connectivity index (χ0n) is 17.8. The molecule has 0 aromatic heterocycles. The number of nitrogens with zero attached hydrogens (tertiary/aromatic N) is 2. The van der Waals surface area contributed by atoms with Crippen molar-refractivity contribution in [1.82, 2.24) is 14.5 Å². The molecule has 31 heavy (non-hydrogen) atoms. The van der Waals surface area contributed by atoms with E-state index in [1.807, 2.05) is 30.3 Å². The van der Waals surface area contributed by atoms with Gasteiger partial charge in [-0.05, 0) is 36.7 Å². The van der Waals surface area contributed by atoms with E-state index >= 15 is 0 Å². The van der Waals surface area contributed by atoms with Crippen molar-refractivity contribution < 1.29 is 17.9 Å². The van der Waals surface area contributed by atoms with Gasteiger partial charge in [0.1, 0.15) is 11.8 Å². The van der Waals surface area contributed by atoms with Crippen molar-refractivity contribution in [2.24, 2.45) is 0 Å². The molecule has 0 aliphatic carbocycles. The number of nitrogens with one attached hydrogen (secondary N) is 1. The third-order valence-electron chi connectivity index (χ3n) is 5.44. The van der Waals surface area contributed by atoms with Crippen LogP contribution in [0.5, 0.6) is 5.75 Å². The normalized spacial score (nSPS) is 16.2. The Morgan fingerprint density at radius 1 is 1.13 bits per heavy atom. The highest BCUT2D eigenvalue weighted by Crippen LogP contribution is 2.27. The quantitative estimate of drug-likeness (QED) is 0.647. The molecule has 0 radical (unpaired) electrons. The number of rotatable bonds is 8. The molecular formula is C22H28ClN3O4S. The summed E-state index contributed by atoms with van der Waals surface area (Å²) in [5, 5.41) is 0.187. The molecule has 3 rings (SSSR count). The first-order chi connectivity index (χ1) is 14.8. The van der Waals surface area contributed by atoms with Crippen LogP contribution in [0.25, 0.3) is 0 Å². The van der Waals surface area contributed by atoms with Crippen molar-refractivity contribution in [3.8, 4) is 5.75 Å². The van der Waals surface area contributed by atoms with Gasteiger partial charge in [-0.25, -0.2) is 8.42 Å². The second-order valence-corrected chi connectivity index (χ2v) is 9.54. The zero-order chi connectivity index (χ0) is 22.4. The molecule has 0 bridgehead atoms. The van der Waals surface area contributed by atoms with E-state index in [0.717, 1.165) is 25.2 Å². The summed E-state index contributed by atoms with van der Waals surface area (Å²) in [4.78, 5) is 17.3. The molecule has 0 unspecified atom stereocenters. The first kappa shape index (κ1) is 23.5. The van der Waals surface area contributed by atoms with Gasteiger partial charge in [0.05, 0.1) is 17.0 Å². The maximum atomic E-state index is 13.3. The van der Waals surface area contributed by atoms with E-state index in [1.54, 1.807) is 4.90 Å². The highest BCUT2D eigenvalue weighted by atomic mass is 35.5. The van der Waals surface area contributed by atoms with E-state index in [9.17, 15) is 13.2 Å². The highest BCUT2D eigenvalue weighted by molar-refractivity contribution is 7.89. The minimum Gasteiger partial charge on any atom is -0.495 e. The van der Waals surface area contributed by atoms with Gasteiger partial charge in [-0.15, -0.1) is 0 Å². The van der Waals surface area contributed by atoms with E-state index in [0.29, 0.717) is 18.8 Å². The van der Waals surface area contributed by atoms with Crippen molar-refractivity contribution in [1.29, 1.82) is 0 Å². The molecule has 7 nitrogen and oxygen atoms in total. The molecule has 2 aromatic carbocycles. The Labute approximate surface area is 189 Å². The Balaban J connectivity index is 1.83. The number of piperazine rings is 1. The van der Waals surface area contributed by atoms with Gasteiger partial charge in [0.15, 0.2) is 0 Å². The Morgan fingerprint density at radius 3 is 2.39 bits per heavy atom. The van der Waals surface area contributed by atoms with E-state index in [-0.39, 0.29) is 22.2 Å². The van der Waals surface area contributed by atoms with Gasteiger partial charge in [-0.3, -0.25) is 4.79 Å². The molecule has 1 atom stereocenters. The second-order valence-electron chi connectivity index (χ2n) is 7.42. The lowest BCUT2D eigenvalue weighted by Gasteiger charge is -2.36. The number of likely N-dealkylation sites (N-methyl/N-ethyl adjacent to an activating group) is 1. The lowest BCUT2D eigenvalue weighted by atomic mass is 10.1. The molecule has 0 saturated carbocycles. The number of methoxy groups -OCH3 is 1. The Hall–Kier alpha value is -2.13. The van der Waals surface area contributed by atoms with Crippen LogP contribution in [-0.4, -0.2) is 70.0 Å². The first-order valence-corrected chi connectivity index (χ1v) is 12.1. The van der Waals surface area contributed by atoms with Gasteiger partial charge in [0.2, 0.25) is 15.9 Å². The fourth-order valence-corrected chi connectivity index (χ4v) is 5.14. The van der Waals surface area contributed by atoms with Gasteiger partial charge >= 0.3 is 0 Å². The molecule has 2 aromatic rings. The van der Waals surface area contributed by atoms with Crippen LogP contribution in [0.1, 0.15) is 12.5 Å². The number of halogens is 1. The van der Waals surface area contributed by atoms with Gasteiger partial charge in [-0.1, -0.05) is 48.9 Å². The number of carbonyl (C=O) groups is 1. The summed E-state index contributed by atoms with van der Waals surface area (Å²) in [5.74, 6) is 0.161. The van der Waals surface area contributed by atoms with Crippen LogP contribution in [0.4, 0.5) is 0 Å². The monoisotopic (exact) mass is 465 g/mol. The molecule has 1 amide bonds. The minimum atomic E-state index is -3.97. The third kappa shape index (κ3) is 5.98. The average Bonchev–Trinajstić information content (AvgIpc) is 2.78. The second kappa shape index (κ2) is 10.5. The van der Waals surface area contributed by atoms with Gasteiger partial charge in [0.25, 0.3) is 0 Å². The number of ether oxygens (including phenoxy) is 1. The Kier molecular flexibility index (Phi) is 7.94. The van der Waals surface area contributed by atoms with Crippen molar-refractivity contribution in [2.75, 3.05) is 39.8 Å². The summed E-state index contributed by atoms with van der Waals surface area (Å²) >= 11 is 6.12. The Morgan fingerprint density at radius 2 is 1.81 bits per heavy atom. The summed E-state index contributed by atoms with van der Waals surface area (Å²) < 4.78 is 33.9. The fraction of sp³-hybridized carbons (Fsp3) is 0.409. The van der Waals surface area contributed by atoms with Crippen LogP contribution in [0.15, 0.2) is 53.4 Å². The number of amides is 1. The predicted molar refractivity (Wildman–Crippen MR) is 121 cm³/mol. The highest BCUT2D eigenvalue weighted by Gasteiger charge is 2.31. The molecule has 168 valence electrons. The van der Waals surface area contributed by atoms with Gasteiger partial charge in [-0.2, -0.15) is 4.72 Å². The summed E-state index contributed by atoms with van der Waals surface area (Å²) in [7, 11) is -2.52. The molecule has 1 N–H and O–H groups in total. The maximum absolute atomic E-state index is 13.3. The number of hydrogen-bond acceptors (Lipinski definition) is 5. The van der Waals surface area contributed by atoms with Crippen LogP contribution in [0, 0.1) is 0 Å². The number of sulfonamides is 1. The van der Waals surface area contributed by atoms with Gasteiger partial charge < -0.3 is 14.5 Å². The molecular weight excluding hydrogens is 438 g/mol. The zero-order valence-corrected chi connectivity index (χ0v) is 19.3. The van der Waals surface area contributed by atoms with Crippen molar-refractivity contribution in [3.05, 3.63) is 59.1 Å². The molecule has 0 spiro atoms. The number of carbonyl (C=O) groups excluding carboxylic acids is 1. The fourth-order valence-electron chi connectivity index (χ4n) is 3.60. The summed E-state index contributed by atoms with van der Waals surface area (Å²) in [6.45, 7) is 5.73. The lowest BCUT2D eigenvalue weighted by molar-refractivity contribution is -0.134. The average molecular weight is 466 g/mol. The summed E-state index contributed by atoms with van der Waals surface area (Å²) in [6, 6.07) is 12.7. The van der Waals surface area contributed by atoms with E-state index in [1.165, 1.54) is 25.3 Å². The smallest absolute Gasteiger partial charge is 0.241 e. The molecule has 1 aliphatic heterocycles. The summed E-state index contributed by atoms with van der Waals surface area (Å²) in [5.41, 5.74) is 0.878. The first-order valence-electron chi connectivity index (χ1n) is 10.2. The van der Waals surface area contributed by atoms with Crippen LogP contribution in [0.3, 0.4) is 0 Å². The van der Waals surface area contributed by atoms with E-state index < -0.39 is 16.1 Å². The van der Waals surface area contributed by atoms with Crippen LogP contribution < -0.4 is 9.46 Å². The standard InChI is InChI=1S/C22H28ClN3O4S/c1-3-25-11-13-26(14-12-25)22(27)20(15-17-7-5-4-6-8-17)24-31(28,29)18-9-10-21(30-2)19(23)16-18/h4-10,16,20,24H,3,11-15H2,1-2H3/t20-/m1/s1. The maximum Gasteiger partial charge on any atom is 0.241 e. The van der Waals surface area contributed by atoms with Crippen LogP contribution >= 0.6 is 11.6 Å². The van der Waals surface area contributed by atoms with Crippen LogP contribution in [-0.2, 0) is 21.2 Å². The third-order valence-corrected chi connectivity index (χ3v) is 7.21. The van der Waals surface area contributed by atoms with Crippen LogP contribution in [0.2, 0.25) is 5.02 Å². The molecule has 1 fully saturated rings.